The van der Waals surface area contributed by atoms with Crippen molar-refractivity contribution in [2.45, 2.75) is 19.5 Å². The second-order valence-corrected chi connectivity index (χ2v) is 7.45. The highest BCUT2D eigenvalue weighted by atomic mass is 32.1. The van der Waals surface area contributed by atoms with Gasteiger partial charge in [-0.05, 0) is 36.1 Å². The van der Waals surface area contributed by atoms with Gasteiger partial charge in [0.25, 0.3) is 5.91 Å². The number of nitrogens with one attached hydrogen (secondary N) is 1. The van der Waals surface area contributed by atoms with E-state index in [1.54, 1.807) is 18.4 Å². The molecule has 0 aliphatic heterocycles. The van der Waals surface area contributed by atoms with Crippen LogP contribution < -0.4 is 15.4 Å². The number of carbonyl (C=O) groups is 1. The van der Waals surface area contributed by atoms with Crippen molar-refractivity contribution in [1.82, 2.24) is 5.32 Å². The molecule has 140 valence electrons. The van der Waals surface area contributed by atoms with Crippen molar-refractivity contribution in [2.24, 2.45) is 0 Å². The summed E-state index contributed by atoms with van der Waals surface area (Å²) in [4.78, 5) is 13.6. The van der Waals surface area contributed by atoms with E-state index in [0.717, 1.165) is 11.3 Å². The Kier molecular flexibility index (Phi) is 6.63. The molecular weight excluding hydrogens is 356 g/mol. The first kappa shape index (κ1) is 19.1. The van der Waals surface area contributed by atoms with Crippen LogP contribution in [0.1, 0.15) is 27.6 Å². The predicted molar refractivity (Wildman–Crippen MR) is 109 cm³/mol. The van der Waals surface area contributed by atoms with Crippen molar-refractivity contribution in [3.63, 3.8) is 0 Å². The number of hydrogen-bond donors (Lipinski definition) is 2. The molecule has 4 nitrogen and oxygen atoms in total. The minimum Gasteiger partial charge on any atom is -0.497 e. The molecule has 2 aromatic carbocycles. The Balaban J connectivity index is 1.57. The Morgan fingerprint density at radius 2 is 1.85 bits per heavy atom. The first-order valence-electron chi connectivity index (χ1n) is 8.98. The van der Waals surface area contributed by atoms with E-state index in [1.165, 1.54) is 16.0 Å². The SMILES string of the molecule is COc1ccc(CNC(=O)C[NH2+][C@@H](c2ccc(C)cc2)c2cccs2)cc1. The molecule has 1 amide bonds. The maximum absolute atomic E-state index is 12.3. The number of ether oxygens (including phenoxy) is 1. The third kappa shape index (κ3) is 5.42. The zero-order chi connectivity index (χ0) is 19.1. The quantitative estimate of drug-likeness (QED) is 0.630. The van der Waals surface area contributed by atoms with Gasteiger partial charge in [0, 0.05) is 12.1 Å². The van der Waals surface area contributed by atoms with E-state index in [0.29, 0.717) is 13.1 Å². The van der Waals surface area contributed by atoms with Gasteiger partial charge in [-0.2, -0.15) is 0 Å². The summed E-state index contributed by atoms with van der Waals surface area (Å²) in [5.74, 6) is 0.842. The first-order chi connectivity index (χ1) is 13.2. The van der Waals surface area contributed by atoms with E-state index in [4.69, 9.17) is 4.74 Å². The molecule has 1 heterocycles. The van der Waals surface area contributed by atoms with Gasteiger partial charge in [-0.15, -0.1) is 11.3 Å². The number of rotatable bonds is 8. The first-order valence-corrected chi connectivity index (χ1v) is 9.86. The van der Waals surface area contributed by atoms with E-state index < -0.39 is 0 Å². The maximum Gasteiger partial charge on any atom is 0.275 e. The zero-order valence-electron chi connectivity index (χ0n) is 15.6. The number of benzene rings is 2. The third-order valence-corrected chi connectivity index (χ3v) is 5.43. The van der Waals surface area contributed by atoms with Gasteiger partial charge in [0.05, 0.1) is 12.0 Å². The minimum atomic E-state index is 0.0273. The minimum absolute atomic E-state index is 0.0273. The Morgan fingerprint density at radius 1 is 1.11 bits per heavy atom. The number of nitrogens with two attached hydrogens (primary N) is 1. The molecule has 1 aromatic heterocycles. The van der Waals surface area contributed by atoms with Crippen LogP contribution in [0.3, 0.4) is 0 Å². The van der Waals surface area contributed by atoms with E-state index in [1.807, 2.05) is 24.3 Å². The summed E-state index contributed by atoms with van der Waals surface area (Å²) in [7, 11) is 1.64. The van der Waals surface area contributed by atoms with Crippen LogP contribution in [0.2, 0.25) is 0 Å². The van der Waals surface area contributed by atoms with Gasteiger partial charge in [-0.3, -0.25) is 4.79 Å². The van der Waals surface area contributed by atoms with Gasteiger partial charge < -0.3 is 15.4 Å². The summed E-state index contributed by atoms with van der Waals surface area (Å²) in [6.07, 6.45) is 0. The van der Waals surface area contributed by atoms with Gasteiger partial charge in [0.2, 0.25) is 0 Å². The third-order valence-electron chi connectivity index (χ3n) is 4.47. The van der Waals surface area contributed by atoms with Crippen LogP contribution in [0, 0.1) is 6.92 Å². The highest BCUT2D eigenvalue weighted by Gasteiger charge is 2.19. The summed E-state index contributed by atoms with van der Waals surface area (Å²) in [5, 5.41) is 7.16. The second kappa shape index (κ2) is 9.35. The Bertz CT molecular complexity index is 843. The molecule has 3 aromatic rings. The number of amides is 1. The average molecular weight is 382 g/mol. The standard InChI is InChI=1S/C22H24N2O2S/c1-16-5-9-18(10-6-16)22(20-4-3-13-27-20)24-15-21(25)23-14-17-7-11-19(26-2)12-8-17/h3-13,22,24H,14-15H2,1-2H3,(H,23,25)/p+1/t22-/m0/s1. The van der Waals surface area contributed by atoms with Crippen molar-refractivity contribution in [1.29, 1.82) is 0 Å². The number of thiophene rings is 1. The lowest BCUT2D eigenvalue weighted by Crippen LogP contribution is -2.87. The molecule has 27 heavy (non-hydrogen) atoms. The smallest absolute Gasteiger partial charge is 0.275 e. The monoisotopic (exact) mass is 381 g/mol. The fraction of sp³-hybridized carbons (Fsp3) is 0.227. The lowest BCUT2D eigenvalue weighted by atomic mass is 10.0. The van der Waals surface area contributed by atoms with Crippen LogP contribution in [0.4, 0.5) is 0 Å². The van der Waals surface area contributed by atoms with E-state index in [9.17, 15) is 4.79 Å². The summed E-state index contributed by atoms with van der Waals surface area (Å²) in [6, 6.07) is 20.6. The second-order valence-electron chi connectivity index (χ2n) is 6.47. The molecule has 3 rings (SSSR count). The van der Waals surface area contributed by atoms with Crippen LogP contribution in [0.5, 0.6) is 5.75 Å². The molecule has 0 spiro atoms. The summed E-state index contributed by atoms with van der Waals surface area (Å²) >= 11 is 1.72. The average Bonchev–Trinajstić information content (AvgIpc) is 3.23. The maximum atomic E-state index is 12.3. The topological polar surface area (TPSA) is 54.9 Å². The van der Waals surface area contributed by atoms with Gasteiger partial charge >= 0.3 is 0 Å². The van der Waals surface area contributed by atoms with Crippen molar-refractivity contribution in [3.8, 4) is 5.75 Å². The van der Waals surface area contributed by atoms with Crippen LogP contribution in [0.15, 0.2) is 66.0 Å². The molecule has 0 bridgehead atoms. The molecule has 3 N–H and O–H groups in total. The van der Waals surface area contributed by atoms with Gasteiger partial charge in [0.1, 0.15) is 11.8 Å². The number of methoxy groups -OCH3 is 1. The molecule has 0 saturated heterocycles. The van der Waals surface area contributed by atoms with E-state index in [-0.39, 0.29) is 11.9 Å². The lowest BCUT2D eigenvalue weighted by molar-refractivity contribution is -0.676. The Hall–Kier alpha value is -2.63. The number of carbonyl (C=O) groups excluding carboxylic acids is 1. The highest BCUT2D eigenvalue weighted by Crippen LogP contribution is 2.22. The molecule has 0 aliphatic carbocycles. The fourth-order valence-electron chi connectivity index (χ4n) is 2.90. The summed E-state index contributed by atoms with van der Waals surface area (Å²) in [5.41, 5.74) is 3.50. The van der Waals surface area contributed by atoms with Gasteiger partial charge in [-0.25, -0.2) is 0 Å². The zero-order valence-corrected chi connectivity index (χ0v) is 16.5. The molecular formula is C22H25N2O2S+. The Labute approximate surface area is 164 Å². The van der Waals surface area contributed by atoms with Crippen LogP contribution >= 0.6 is 11.3 Å². The Morgan fingerprint density at radius 3 is 2.48 bits per heavy atom. The predicted octanol–water partition coefficient (Wildman–Crippen LogP) is 3.03. The molecule has 0 saturated carbocycles. The van der Waals surface area contributed by atoms with Gasteiger partial charge in [0.15, 0.2) is 6.54 Å². The number of aryl methyl sites for hydroxylation is 1. The van der Waals surface area contributed by atoms with Gasteiger partial charge in [-0.1, -0.05) is 48.0 Å². The molecule has 0 fully saturated rings. The summed E-state index contributed by atoms with van der Waals surface area (Å²) < 4.78 is 5.15. The normalized spacial score (nSPS) is 11.8. The molecule has 0 radical (unpaired) electrons. The molecule has 0 unspecified atom stereocenters. The van der Waals surface area contributed by atoms with Crippen molar-refractivity contribution in [2.75, 3.05) is 13.7 Å². The number of hydrogen-bond acceptors (Lipinski definition) is 3. The molecule has 5 heteroatoms. The fourth-order valence-corrected chi connectivity index (χ4v) is 3.75. The van der Waals surface area contributed by atoms with Crippen molar-refractivity contribution >= 4 is 17.2 Å². The summed E-state index contributed by atoms with van der Waals surface area (Å²) in [6.45, 7) is 2.98. The largest absolute Gasteiger partial charge is 0.497 e. The van der Waals surface area contributed by atoms with E-state index >= 15 is 0 Å². The van der Waals surface area contributed by atoms with Crippen LogP contribution in [0.25, 0.3) is 0 Å². The highest BCUT2D eigenvalue weighted by molar-refractivity contribution is 7.10. The lowest BCUT2D eigenvalue weighted by Gasteiger charge is -2.15. The van der Waals surface area contributed by atoms with Crippen molar-refractivity contribution < 1.29 is 14.8 Å². The van der Waals surface area contributed by atoms with E-state index in [2.05, 4.69) is 59.3 Å². The molecule has 1 atom stereocenters. The van der Waals surface area contributed by atoms with Crippen LogP contribution in [-0.4, -0.2) is 19.6 Å². The number of quaternary nitrogens is 1. The van der Waals surface area contributed by atoms with Crippen LogP contribution in [-0.2, 0) is 11.3 Å². The van der Waals surface area contributed by atoms with Crippen molar-refractivity contribution in [3.05, 3.63) is 87.6 Å². The molecule has 0 aliphatic rings.